The van der Waals surface area contributed by atoms with Gasteiger partial charge in [-0.05, 0) is 101 Å². The summed E-state index contributed by atoms with van der Waals surface area (Å²) in [5.74, 6) is 0. The summed E-state index contributed by atoms with van der Waals surface area (Å²) in [6.07, 6.45) is -0.0354. The second kappa shape index (κ2) is 10.9. The molecule has 0 saturated carbocycles. The highest BCUT2D eigenvalue weighted by molar-refractivity contribution is 6.31. The molecule has 0 spiro atoms. The smallest absolute Gasteiger partial charge is 0.0940 e. The van der Waals surface area contributed by atoms with Crippen molar-refractivity contribution in [2.75, 3.05) is 5.32 Å². The predicted molar refractivity (Wildman–Crippen MR) is 174 cm³/mol. The molecule has 2 unspecified atom stereocenters. The molecule has 42 heavy (non-hydrogen) atoms. The first-order valence-electron chi connectivity index (χ1n) is 13.8. The Hall–Kier alpha value is -3.13. The largest absolute Gasteiger partial charge is 0.389 e. The molecule has 0 amide bonds. The minimum absolute atomic E-state index is 0.216. The number of fused-ring (bicyclic) bond motifs is 2. The monoisotopic (exact) mass is 619 g/mol. The molecule has 0 radical (unpaired) electrons. The number of aromatic nitrogens is 2. The van der Waals surface area contributed by atoms with Gasteiger partial charge in [-0.1, -0.05) is 46.9 Å². The van der Waals surface area contributed by atoms with E-state index in [2.05, 4.69) is 29.0 Å². The fourth-order valence-electron chi connectivity index (χ4n) is 6.10. The standard InChI is InChI=1S/C33H32Cl3N5O/c1-32(2)18-28(31(42)33(3,4)40-32)38-25-17-30-27(16-24(25)37-22-9-5-7-19(34)13-22)39-26-15-21(36)11-12-29(26)41(30)23-10-6-8-20(35)14-23/h5-17,28,31,37,40,42H,18H2,1-4H3. The fraction of sp³-hybridized carbons (Fsp3) is 0.273. The van der Waals surface area contributed by atoms with E-state index in [1.165, 1.54) is 0 Å². The molecule has 0 bridgehead atoms. The Morgan fingerprint density at radius 3 is 2.36 bits per heavy atom. The number of aliphatic hydroxyl groups excluding tert-OH is 1. The Kier molecular flexibility index (Phi) is 7.49. The maximum Gasteiger partial charge on any atom is 0.0940 e. The maximum atomic E-state index is 11.4. The molecule has 3 aliphatic rings. The van der Waals surface area contributed by atoms with Crippen molar-refractivity contribution in [2.24, 2.45) is 4.99 Å². The Bertz CT molecular complexity index is 1850. The van der Waals surface area contributed by atoms with Crippen molar-refractivity contribution in [1.82, 2.24) is 14.9 Å². The summed E-state index contributed by atoms with van der Waals surface area (Å²) in [7, 11) is 0. The number of hydrogen-bond acceptors (Lipinski definition) is 5. The summed E-state index contributed by atoms with van der Waals surface area (Å²) < 4.78 is 2.12. The second-order valence-corrected chi connectivity index (χ2v) is 13.4. The number of aliphatic hydroxyl groups is 1. The van der Waals surface area contributed by atoms with E-state index >= 15 is 0 Å². The average molecular weight is 621 g/mol. The summed E-state index contributed by atoms with van der Waals surface area (Å²) in [5, 5.41) is 21.0. The number of piperidine rings is 1. The van der Waals surface area contributed by atoms with Gasteiger partial charge in [0, 0.05) is 37.5 Å². The zero-order valence-corrected chi connectivity index (χ0v) is 26.1. The van der Waals surface area contributed by atoms with Crippen LogP contribution in [0, 0.1) is 0 Å². The number of nitrogens with zero attached hydrogens (tertiary/aromatic N) is 3. The number of benzene rings is 4. The van der Waals surface area contributed by atoms with Crippen molar-refractivity contribution in [1.29, 1.82) is 0 Å². The van der Waals surface area contributed by atoms with Gasteiger partial charge in [-0.25, -0.2) is 4.98 Å². The lowest BCUT2D eigenvalue weighted by atomic mass is 9.77. The van der Waals surface area contributed by atoms with Crippen LogP contribution in [0.1, 0.15) is 34.1 Å². The zero-order chi connectivity index (χ0) is 29.8. The average Bonchev–Trinajstić information content (AvgIpc) is 2.90. The summed E-state index contributed by atoms with van der Waals surface area (Å²) in [6.45, 7) is 8.31. The summed E-state index contributed by atoms with van der Waals surface area (Å²) >= 11 is 19.2. The normalized spacial score (nSPS) is 20.2. The Balaban J connectivity index is 1.66. The van der Waals surface area contributed by atoms with Crippen molar-refractivity contribution in [3.8, 4) is 17.1 Å². The van der Waals surface area contributed by atoms with Crippen molar-refractivity contribution in [2.45, 2.75) is 57.3 Å². The Morgan fingerprint density at radius 2 is 1.62 bits per heavy atom. The highest BCUT2D eigenvalue weighted by Gasteiger charge is 2.44. The van der Waals surface area contributed by atoms with Gasteiger partial charge in [0.25, 0.3) is 0 Å². The van der Waals surface area contributed by atoms with Gasteiger partial charge in [-0.3, -0.25) is 4.99 Å². The van der Waals surface area contributed by atoms with Crippen molar-refractivity contribution in [3.63, 3.8) is 0 Å². The lowest BCUT2D eigenvalue weighted by Gasteiger charge is -2.48. The third kappa shape index (κ3) is 5.75. The van der Waals surface area contributed by atoms with E-state index in [0.29, 0.717) is 26.8 Å². The van der Waals surface area contributed by atoms with Crippen LogP contribution in [0.5, 0.6) is 0 Å². The molecule has 216 valence electrons. The van der Waals surface area contributed by atoms with Crippen LogP contribution in [0.4, 0.5) is 11.4 Å². The maximum absolute atomic E-state index is 11.4. The van der Waals surface area contributed by atoms with E-state index in [1.807, 2.05) is 92.7 Å². The lowest BCUT2D eigenvalue weighted by Crippen LogP contribution is -2.67. The van der Waals surface area contributed by atoms with E-state index in [-0.39, 0.29) is 11.6 Å². The van der Waals surface area contributed by atoms with Crippen molar-refractivity contribution in [3.05, 3.63) is 99.3 Å². The van der Waals surface area contributed by atoms with Crippen LogP contribution in [0.25, 0.3) is 28.1 Å². The predicted octanol–water partition coefficient (Wildman–Crippen LogP) is 8.01. The van der Waals surface area contributed by atoms with Crippen LogP contribution < -0.4 is 16.0 Å². The molecule has 6 rings (SSSR count). The van der Waals surface area contributed by atoms with Gasteiger partial charge in [0.05, 0.1) is 45.6 Å². The molecule has 2 atom stereocenters. The minimum Gasteiger partial charge on any atom is -0.389 e. The fourth-order valence-corrected chi connectivity index (χ4v) is 6.64. The first-order chi connectivity index (χ1) is 19.9. The molecule has 0 aromatic heterocycles. The summed E-state index contributed by atoms with van der Waals surface area (Å²) in [4.78, 5) is 10.2. The third-order valence-electron chi connectivity index (χ3n) is 7.71. The molecular weight excluding hydrogens is 589 g/mol. The third-order valence-corrected chi connectivity index (χ3v) is 8.42. The van der Waals surface area contributed by atoms with Gasteiger partial charge in [0.15, 0.2) is 0 Å². The first-order valence-corrected chi connectivity index (χ1v) is 15.0. The van der Waals surface area contributed by atoms with Gasteiger partial charge in [-0.2, -0.15) is 0 Å². The van der Waals surface area contributed by atoms with Gasteiger partial charge in [-0.15, -0.1) is 0 Å². The first kappa shape index (κ1) is 29.0. The lowest BCUT2D eigenvalue weighted by molar-refractivity contribution is -0.00243. The van der Waals surface area contributed by atoms with Crippen molar-refractivity contribution >= 4 is 57.2 Å². The van der Waals surface area contributed by atoms with E-state index in [9.17, 15) is 5.11 Å². The topological polar surface area (TPSA) is 74.5 Å². The van der Waals surface area contributed by atoms with Crippen LogP contribution in [-0.4, -0.2) is 37.9 Å². The van der Waals surface area contributed by atoms with Crippen LogP contribution in [-0.2, 0) is 0 Å². The molecule has 2 aliphatic heterocycles. The molecular formula is C33H32Cl3N5O. The number of halogens is 3. The SMILES string of the molecule is CC1(C)CC(N=c2cc3n(-c4cccc(Cl)c4)c4ccc(Cl)cc4nc-3cc2Nc2cccc(Cl)c2)C(O)C(C)(C)N1. The number of rotatable bonds is 4. The summed E-state index contributed by atoms with van der Waals surface area (Å²) in [5.41, 5.74) is 4.90. The molecule has 3 N–H and O–H groups in total. The Labute approximate surface area is 260 Å². The molecule has 3 aromatic carbocycles. The molecule has 6 nitrogen and oxygen atoms in total. The highest BCUT2D eigenvalue weighted by Crippen LogP contribution is 2.34. The van der Waals surface area contributed by atoms with E-state index in [4.69, 9.17) is 44.8 Å². The zero-order valence-electron chi connectivity index (χ0n) is 23.8. The molecule has 2 heterocycles. The molecule has 1 fully saturated rings. The summed E-state index contributed by atoms with van der Waals surface area (Å²) in [6, 6.07) is 24.6. The van der Waals surface area contributed by atoms with Crippen molar-refractivity contribution < 1.29 is 5.11 Å². The van der Waals surface area contributed by atoms with E-state index in [1.54, 1.807) is 0 Å². The molecule has 3 aromatic rings. The van der Waals surface area contributed by atoms with Crippen LogP contribution in [0.15, 0.2) is 83.9 Å². The van der Waals surface area contributed by atoms with Crippen LogP contribution >= 0.6 is 34.8 Å². The minimum atomic E-state index is -0.697. The van der Waals surface area contributed by atoms with Gasteiger partial charge < -0.3 is 20.3 Å². The van der Waals surface area contributed by atoms with Gasteiger partial charge >= 0.3 is 0 Å². The number of hydrogen-bond donors (Lipinski definition) is 3. The van der Waals surface area contributed by atoms with E-state index < -0.39 is 11.6 Å². The number of anilines is 2. The molecule has 1 aliphatic carbocycles. The Morgan fingerprint density at radius 1 is 0.905 bits per heavy atom. The van der Waals surface area contributed by atoms with E-state index in [0.717, 1.165) is 39.5 Å². The second-order valence-electron chi connectivity index (χ2n) is 12.1. The molecule has 9 heteroatoms. The van der Waals surface area contributed by atoms with Gasteiger partial charge in [0.1, 0.15) is 0 Å². The molecule has 1 saturated heterocycles. The number of nitrogens with one attached hydrogen (secondary N) is 2. The van der Waals surface area contributed by atoms with Crippen LogP contribution in [0.3, 0.4) is 0 Å². The van der Waals surface area contributed by atoms with Gasteiger partial charge in [0.2, 0.25) is 0 Å². The van der Waals surface area contributed by atoms with Crippen LogP contribution in [0.2, 0.25) is 15.1 Å². The quantitative estimate of drug-likeness (QED) is 0.178. The highest BCUT2D eigenvalue weighted by atomic mass is 35.5.